The van der Waals surface area contributed by atoms with Crippen LogP contribution in [0.25, 0.3) is 10.9 Å². The van der Waals surface area contributed by atoms with E-state index in [9.17, 15) is 0 Å². The van der Waals surface area contributed by atoms with E-state index in [1.807, 2.05) is 0 Å². The fourth-order valence-corrected chi connectivity index (χ4v) is 2.38. The van der Waals surface area contributed by atoms with Crippen LogP contribution in [-0.2, 0) is 6.54 Å². The Morgan fingerprint density at radius 2 is 2.00 bits per heavy atom. The van der Waals surface area contributed by atoms with Crippen molar-refractivity contribution in [2.75, 3.05) is 0 Å². The monoisotopic (exact) mass is 229 g/mol. The van der Waals surface area contributed by atoms with Crippen LogP contribution in [0, 0.1) is 6.92 Å². The highest BCUT2D eigenvalue weighted by molar-refractivity contribution is 6.25. The second kappa shape index (κ2) is 5.92. The van der Waals surface area contributed by atoms with Crippen molar-refractivity contribution in [1.82, 2.24) is 4.57 Å². The molecular weight excluding hydrogens is 209 g/mol. The van der Waals surface area contributed by atoms with E-state index in [1.165, 1.54) is 29.4 Å². The molecule has 1 heterocycles. The fraction of sp³-hybridized carbons (Fsp3) is 0.429. The summed E-state index contributed by atoms with van der Waals surface area (Å²) in [5.74, 6) is 0. The summed E-state index contributed by atoms with van der Waals surface area (Å²) in [5, 5.41) is 10.1. The van der Waals surface area contributed by atoms with Crippen molar-refractivity contribution >= 4 is 18.4 Å². The summed E-state index contributed by atoms with van der Waals surface area (Å²) < 4.78 is 2.40. The SMILES string of the molecule is Cc1cc2ccccc2n1CCCCCBO. The molecule has 0 aliphatic rings. The number of aryl methyl sites for hydroxylation is 2. The number of unbranched alkanes of at least 4 members (excludes halogenated alkanes) is 2. The van der Waals surface area contributed by atoms with E-state index in [0.29, 0.717) is 7.48 Å². The molecule has 0 aliphatic heterocycles. The van der Waals surface area contributed by atoms with Gasteiger partial charge in [0.2, 0.25) is 0 Å². The van der Waals surface area contributed by atoms with Crippen molar-refractivity contribution in [3.63, 3.8) is 0 Å². The molecule has 0 atom stereocenters. The molecule has 3 heteroatoms. The Hall–Kier alpha value is -1.22. The first kappa shape index (κ1) is 12.2. The van der Waals surface area contributed by atoms with Crippen LogP contribution in [0.5, 0.6) is 0 Å². The maximum Gasteiger partial charge on any atom is 0.270 e. The van der Waals surface area contributed by atoms with E-state index in [4.69, 9.17) is 5.02 Å². The van der Waals surface area contributed by atoms with Crippen molar-refractivity contribution in [2.24, 2.45) is 0 Å². The highest BCUT2D eigenvalue weighted by atomic mass is 16.2. The Bertz CT molecular complexity index is 478. The number of aromatic nitrogens is 1. The quantitative estimate of drug-likeness (QED) is 0.598. The number of fused-ring (bicyclic) bond motifs is 1. The zero-order valence-electron chi connectivity index (χ0n) is 10.5. The van der Waals surface area contributed by atoms with E-state index >= 15 is 0 Å². The maximum absolute atomic E-state index is 8.73. The van der Waals surface area contributed by atoms with Gasteiger partial charge in [-0.15, -0.1) is 0 Å². The van der Waals surface area contributed by atoms with Crippen LogP contribution < -0.4 is 0 Å². The van der Waals surface area contributed by atoms with Gasteiger partial charge in [0.1, 0.15) is 0 Å². The molecule has 1 aromatic heterocycles. The van der Waals surface area contributed by atoms with Crippen LogP contribution in [-0.4, -0.2) is 17.1 Å². The average Bonchev–Trinajstić information content (AvgIpc) is 2.65. The first-order valence-electron chi connectivity index (χ1n) is 6.48. The second-order valence-electron chi connectivity index (χ2n) is 4.63. The van der Waals surface area contributed by atoms with Crippen LogP contribution >= 0.6 is 0 Å². The lowest BCUT2D eigenvalue weighted by Crippen LogP contribution is -2.00. The molecule has 0 bridgehead atoms. The Labute approximate surface area is 104 Å². The van der Waals surface area contributed by atoms with Crippen molar-refractivity contribution in [2.45, 2.75) is 39.1 Å². The summed E-state index contributed by atoms with van der Waals surface area (Å²) in [6.45, 7) is 3.26. The molecule has 0 aliphatic carbocycles. The topological polar surface area (TPSA) is 25.2 Å². The summed E-state index contributed by atoms with van der Waals surface area (Å²) in [4.78, 5) is 0. The Morgan fingerprint density at radius 3 is 2.82 bits per heavy atom. The molecule has 17 heavy (non-hydrogen) atoms. The fourth-order valence-electron chi connectivity index (χ4n) is 2.38. The lowest BCUT2D eigenvalue weighted by molar-refractivity contribution is 0.575. The van der Waals surface area contributed by atoms with E-state index in [2.05, 4.69) is 41.8 Å². The van der Waals surface area contributed by atoms with Gasteiger partial charge in [-0.05, 0) is 30.9 Å². The molecule has 90 valence electrons. The van der Waals surface area contributed by atoms with E-state index < -0.39 is 0 Å². The van der Waals surface area contributed by atoms with Gasteiger partial charge in [-0.3, -0.25) is 0 Å². The summed E-state index contributed by atoms with van der Waals surface area (Å²) in [6, 6.07) is 10.8. The number of nitrogens with zero attached hydrogens (tertiary/aromatic N) is 1. The third-order valence-electron chi connectivity index (χ3n) is 3.31. The lowest BCUT2D eigenvalue weighted by atomic mass is 9.92. The Kier molecular flexibility index (Phi) is 4.26. The smallest absolute Gasteiger partial charge is 0.270 e. The molecule has 0 radical (unpaired) electrons. The largest absolute Gasteiger partial charge is 0.454 e. The number of para-hydroxylation sites is 1. The van der Waals surface area contributed by atoms with Gasteiger partial charge in [-0.1, -0.05) is 37.4 Å². The van der Waals surface area contributed by atoms with Crippen LogP contribution in [0.1, 0.15) is 25.0 Å². The molecule has 1 aromatic carbocycles. The standard InChI is InChI=1S/C14H20BNO/c1-12-11-13-7-3-4-8-14(13)16(12)10-6-2-5-9-15-17/h3-4,7-8,11,15,17H,2,5-6,9-10H2,1H3. The van der Waals surface area contributed by atoms with Crippen molar-refractivity contribution in [1.29, 1.82) is 0 Å². The van der Waals surface area contributed by atoms with Gasteiger partial charge in [-0.25, -0.2) is 0 Å². The maximum atomic E-state index is 8.73. The Balaban J connectivity index is 2.00. The van der Waals surface area contributed by atoms with E-state index in [1.54, 1.807) is 0 Å². The molecule has 0 fully saturated rings. The summed E-state index contributed by atoms with van der Waals surface area (Å²) in [7, 11) is 0.325. The highest BCUT2D eigenvalue weighted by Crippen LogP contribution is 2.19. The van der Waals surface area contributed by atoms with Gasteiger partial charge in [0.15, 0.2) is 0 Å². The summed E-state index contributed by atoms with van der Waals surface area (Å²) in [6.07, 6.45) is 4.46. The second-order valence-corrected chi connectivity index (χ2v) is 4.63. The molecule has 2 aromatic rings. The predicted octanol–water partition coefficient (Wildman–Crippen LogP) is 2.88. The minimum Gasteiger partial charge on any atom is -0.454 e. The normalized spacial score (nSPS) is 10.9. The van der Waals surface area contributed by atoms with Crippen molar-refractivity contribution in [3.05, 3.63) is 36.0 Å². The zero-order valence-corrected chi connectivity index (χ0v) is 10.5. The van der Waals surface area contributed by atoms with Gasteiger partial charge >= 0.3 is 0 Å². The summed E-state index contributed by atoms with van der Waals surface area (Å²) >= 11 is 0. The van der Waals surface area contributed by atoms with Gasteiger partial charge in [0.05, 0.1) is 0 Å². The lowest BCUT2D eigenvalue weighted by Gasteiger charge is -2.07. The van der Waals surface area contributed by atoms with Gasteiger partial charge in [0.25, 0.3) is 7.48 Å². The molecular formula is C14H20BNO. The summed E-state index contributed by atoms with van der Waals surface area (Å²) in [5.41, 5.74) is 2.68. The first-order valence-corrected chi connectivity index (χ1v) is 6.48. The van der Waals surface area contributed by atoms with Crippen LogP contribution in [0.15, 0.2) is 30.3 Å². The van der Waals surface area contributed by atoms with Gasteiger partial charge in [0, 0.05) is 17.8 Å². The number of hydrogen-bond acceptors (Lipinski definition) is 1. The van der Waals surface area contributed by atoms with Crippen molar-refractivity contribution < 1.29 is 5.02 Å². The molecule has 1 N–H and O–H groups in total. The first-order chi connectivity index (χ1) is 8.33. The van der Waals surface area contributed by atoms with Crippen LogP contribution in [0.2, 0.25) is 6.32 Å². The molecule has 0 amide bonds. The van der Waals surface area contributed by atoms with Crippen LogP contribution in [0.3, 0.4) is 0 Å². The molecule has 0 saturated heterocycles. The predicted molar refractivity (Wildman–Crippen MR) is 74.7 cm³/mol. The molecule has 2 rings (SSSR count). The number of rotatable bonds is 6. The third kappa shape index (κ3) is 2.92. The van der Waals surface area contributed by atoms with E-state index in [0.717, 1.165) is 19.3 Å². The van der Waals surface area contributed by atoms with Gasteiger partial charge in [-0.2, -0.15) is 0 Å². The molecule has 0 saturated carbocycles. The molecule has 2 nitrogen and oxygen atoms in total. The number of hydrogen-bond donors (Lipinski definition) is 1. The molecule has 0 spiro atoms. The van der Waals surface area contributed by atoms with E-state index in [-0.39, 0.29) is 0 Å². The zero-order chi connectivity index (χ0) is 12.1. The third-order valence-corrected chi connectivity index (χ3v) is 3.31. The minimum absolute atomic E-state index is 0.325. The number of benzene rings is 1. The Morgan fingerprint density at radius 1 is 1.18 bits per heavy atom. The van der Waals surface area contributed by atoms with Gasteiger partial charge < -0.3 is 9.59 Å². The minimum atomic E-state index is 0.325. The molecule has 0 unspecified atom stereocenters. The van der Waals surface area contributed by atoms with Crippen molar-refractivity contribution in [3.8, 4) is 0 Å². The highest BCUT2D eigenvalue weighted by Gasteiger charge is 2.03. The average molecular weight is 229 g/mol. The van der Waals surface area contributed by atoms with Crippen LogP contribution in [0.4, 0.5) is 0 Å².